The fourth-order valence-corrected chi connectivity index (χ4v) is 2.08. The molecular weight excluding hydrogens is 292 g/mol. The summed E-state index contributed by atoms with van der Waals surface area (Å²) < 4.78 is 7.35. The van der Waals surface area contributed by atoms with Crippen molar-refractivity contribution in [3.05, 3.63) is 65.1 Å². The van der Waals surface area contributed by atoms with Gasteiger partial charge in [0, 0.05) is 11.2 Å². The van der Waals surface area contributed by atoms with Gasteiger partial charge in [0.2, 0.25) is 0 Å². The predicted octanol–water partition coefficient (Wildman–Crippen LogP) is 3.26. The number of carboxylic acid groups (broad SMARTS) is 1. The molecule has 106 valence electrons. The molecule has 6 heteroatoms. The van der Waals surface area contributed by atoms with E-state index >= 15 is 0 Å². The molecule has 3 aromatic rings. The first-order chi connectivity index (χ1) is 10.1. The van der Waals surface area contributed by atoms with Crippen LogP contribution in [0.4, 0.5) is 0 Å². The van der Waals surface area contributed by atoms with Crippen LogP contribution >= 0.6 is 11.6 Å². The average Bonchev–Trinajstić information content (AvgIpc) is 2.89. The van der Waals surface area contributed by atoms with Crippen LogP contribution in [-0.2, 0) is 6.61 Å². The summed E-state index contributed by atoms with van der Waals surface area (Å²) >= 11 is 5.81. The topological polar surface area (TPSA) is 63.8 Å². The normalized spacial score (nSPS) is 10.7. The highest BCUT2D eigenvalue weighted by molar-refractivity contribution is 6.30. The molecule has 0 unspecified atom stereocenters. The van der Waals surface area contributed by atoms with E-state index in [0.717, 1.165) is 5.69 Å². The number of hydrogen-bond donors (Lipinski definition) is 1. The van der Waals surface area contributed by atoms with Crippen molar-refractivity contribution in [2.75, 3.05) is 0 Å². The van der Waals surface area contributed by atoms with Gasteiger partial charge < -0.3 is 9.84 Å². The molecule has 0 aliphatic carbocycles. The lowest BCUT2D eigenvalue weighted by Crippen LogP contribution is -2.03. The van der Waals surface area contributed by atoms with Gasteiger partial charge in [-0.2, -0.15) is 0 Å². The van der Waals surface area contributed by atoms with Gasteiger partial charge >= 0.3 is 5.97 Å². The lowest BCUT2D eigenvalue weighted by molar-refractivity contribution is 0.0696. The number of aromatic nitrogens is 2. The Balaban J connectivity index is 1.84. The molecule has 2 heterocycles. The summed E-state index contributed by atoms with van der Waals surface area (Å²) in [5.41, 5.74) is 1.64. The first-order valence-corrected chi connectivity index (χ1v) is 6.59. The van der Waals surface area contributed by atoms with E-state index in [-0.39, 0.29) is 12.2 Å². The lowest BCUT2D eigenvalue weighted by Gasteiger charge is -2.06. The molecule has 5 nitrogen and oxygen atoms in total. The number of halogens is 1. The fourth-order valence-electron chi connectivity index (χ4n) is 1.95. The number of aromatic carboxylic acids is 1. The minimum atomic E-state index is -0.977. The van der Waals surface area contributed by atoms with Crippen LogP contribution in [0.15, 0.2) is 48.8 Å². The number of pyridine rings is 1. The maximum absolute atomic E-state index is 11.0. The lowest BCUT2D eigenvalue weighted by atomic mass is 10.3. The quantitative estimate of drug-likeness (QED) is 0.803. The number of hydrogen-bond acceptors (Lipinski definition) is 3. The van der Waals surface area contributed by atoms with Crippen LogP contribution in [0.3, 0.4) is 0 Å². The van der Waals surface area contributed by atoms with Crippen molar-refractivity contribution in [1.82, 2.24) is 9.38 Å². The summed E-state index contributed by atoms with van der Waals surface area (Å²) in [6, 6.07) is 10.2. The highest BCUT2D eigenvalue weighted by atomic mass is 35.5. The molecule has 1 aromatic carbocycles. The number of fused-ring (bicyclic) bond motifs is 1. The minimum Gasteiger partial charge on any atom is -0.487 e. The van der Waals surface area contributed by atoms with E-state index in [4.69, 9.17) is 21.4 Å². The van der Waals surface area contributed by atoms with Crippen LogP contribution in [0, 0.1) is 0 Å². The summed E-state index contributed by atoms with van der Waals surface area (Å²) in [5, 5.41) is 9.67. The van der Waals surface area contributed by atoms with Gasteiger partial charge in [0.05, 0.1) is 17.5 Å². The van der Waals surface area contributed by atoms with Crippen LogP contribution in [0.2, 0.25) is 5.02 Å². The van der Waals surface area contributed by atoms with Crippen LogP contribution in [0.25, 0.3) is 5.65 Å². The molecule has 2 aromatic heterocycles. The summed E-state index contributed by atoms with van der Waals surface area (Å²) in [6.07, 6.45) is 3.20. The second-order valence-electron chi connectivity index (χ2n) is 4.44. The highest BCUT2D eigenvalue weighted by Gasteiger charge is 2.08. The second-order valence-corrected chi connectivity index (χ2v) is 4.88. The van der Waals surface area contributed by atoms with Crippen molar-refractivity contribution < 1.29 is 14.6 Å². The van der Waals surface area contributed by atoms with Gasteiger partial charge in [-0.25, -0.2) is 9.78 Å². The SMILES string of the molecule is O=C(O)c1ccc2ncc(COc3ccc(Cl)cc3)n2c1. The van der Waals surface area contributed by atoms with Crippen molar-refractivity contribution in [3.8, 4) is 5.75 Å². The van der Waals surface area contributed by atoms with E-state index < -0.39 is 5.97 Å². The van der Waals surface area contributed by atoms with Gasteiger partial charge in [0.1, 0.15) is 18.0 Å². The Labute approximate surface area is 125 Å². The summed E-state index contributed by atoms with van der Waals surface area (Å²) in [4.78, 5) is 15.2. The zero-order chi connectivity index (χ0) is 14.8. The van der Waals surface area contributed by atoms with Gasteiger partial charge in [0.15, 0.2) is 0 Å². The molecule has 0 amide bonds. The molecule has 0 radical (unpaired) electrons. The molecule has 0 saturated carbocycles. The van der Waals surface area contributed by atoms with Gasteiger partial charge in [-0.1, -0.05) is 11.6 Å². The Morgan fingerprint density at radius 2 is 2.00 bits per heavy atom. The smallest absolute Gasteiger partial charge is 0.337 e. The average molecular weight is 303 g/mol. The van der Waals surface area contributed by atoms with Gasteiger partial charge in [-0.05, 0) is 36.4 Å². The number of carboxylic acids is 1. The Morgan fingerprint density at radius 3 is 2.71 bits per heavy atom. The minimum absolute atomic E-state index is 0.202. The molecule has 21 heavy (non-hydrogen) atoms. The van der Waals surface area contributed by atoms with Crippen LogP contribution in [0.5, 0.6) is 5.75 Å². The van der Waals surface area contributed by atoms with Crippen molar-refractivity contribution in [2.45, 2.75) is 6.61 Å². The zero-order valence-corrected chi connectivity index (χ0v) is 11.6. The van der Waals surface area contributed by atoms with E-state index in [1.807, 2.05) is 0 Å². The molecule has 0 aliphatic rings. The number of ether oxygens (including phenoxy) is 1. The van der Waals surface area contributed by atoms with Crippen LogP contribution in [-0.4, -0.2) is 20.5 Å². The first kappa shape index (κ1) is 13.5. The number of nitrogens with zero attached hydrogens (tertiary/aromatic N) is 2. The number of benzene rings is 1. The Bertz CT molecular complexity index is 796. The summed E-state index contributed by atoms with van der Waals surface area (Å²) in [5.74, 6) is -0.293. The van der Waals surface area contributed by atoms with Crippen LogP contribution < -0.4 is 4.74 Å². The maximum atomic E-state index is 11.0. The molecule has 3 rings (SSSR count). The van der Waals surface area contributed by atoms with E-state index in [9.17, 15) is 4.79 Å². The van der Waals surface area contributed by atoms with E-state index in [1.165, 1.54) is 12.3 Å². The van der Waals surface area contributed by atoms with Gasteiger partial charge in [-0.15, -0.1) is 0 Å². The first-order valence-electron chi connectivity index (χ1n) is 6.21. The molecule has 0 atom stereocenters. The maximum Gasteiger partial charge on any atom is 0.337 e. The third-order valence-corrected chi connectivity index (χ3v) is 3.28. The number of carbonyl (C=O) groups is 1. The van der Waals surface area contributed by atoms with E-state index in [2.05, 4.69) is 4.98 Å². The molecule has 0 bridgehead atoms. The Hall–Kier alpha value is -2.53. The molecule has 0 fully saturated rings. The number of rotatable bonds is 4. The highest BCUT2D eigenvalue weighted by Crippen LogP contribution is 2.17. The molecule has 0 aliphatic heterocycles. The van der Waals surface area contributed by atoms with Gasteiger partial charge in [-0.3, -0.25) is 4.40 Å². The third kappa shape index (κ3) is 2.83. The van der Waals surface area contributed by atoms with Gasteiger partial charge in [0.25, 0.3) is 0 Å². The number of imidazole rings is 1. The summed E-state index contributed by atoms with van der Waals surface area (Å²) in [6.45, 7) is 0.284. The molecular formula is C15H11ClN2O3. The largest absolute Gasteiger partial charge is 0.487 e. The Kier molecular flexibility index (Phi) is 3.50. The molecule has 1 N–H and O–H groups in total. The standard InChI is InChI=1S/C15H11ClN2O3/c16-11-2-4-13(5-3-11)21-9-12-7-17-14-6-1-10(15(19)20)8-18(12)14/h1-8H,9H2,(H,19,20). The van der Waals surface area contributed by atoms with Crippen molar-refractivity contribution in [3.63, 3.8) is 0 Å². The monoisotopic (exact) mass is 302 g/mol. The second kappa shape index (κ2) is 5.46. The van der Waals surface area contributed by atoms with Crippen molar-refractivity contribution in [2.24, 2.45) is 0 Å². The Morgan fingerprint density at radius 1 is 1.24 bits per heavy atom. The van der Waals surface area contributed by atoms with Crippen molar-refractivity contribution >= 4 is 23.2 Å². The summed E-state index contributed by atoms with van der Waals surface area (Å²) in [7, 11) is 0. The molecule has 0 saturated heterocycles. The van der Waals surface area contributed by atoms with Crippen LogP contribution in [0.1, 0.15) is 16.1 Å². The molecule has 0 spiro atoms. The predicted molar refractivity (Wildman–Crippen MR) is 77.9 cm³/mol. The fraction of sp³-hybridized carbons (Fsp3) is 0.0667. The van der Waals surface area contributed by atoms with E-state index in [1.54, 1.807) is 40.9 Å². The third-order valence-electron chi connectivity index (χ3n) is 3.03. The van der Waals surface area contributed by atoms with Crippen molar-refractivity contribution in [1.29, 1.82) is 0 Å². The van der Waals surface area contributed by atoms with E-state index in [0.29, 0.717) is 16.4 Å². The zero-order valence-electron chi connectivity index (χ0n) is 10.9.